The van der Waals surface area contributed by atoms with E-state index in [0.717, 1.165) is 4.60 Å². The van der Waals surface area contributed by atoms with Crippen molar-refractivity contribution in [2.45, 2.75) is 46.1 Å². The van der Waals surface area contributed by atoms with Crippen LogP contribution in [0.4, 0.5) is 0 Å². The summed E-state index contributed by atoms with van der Waals surface area (Å²) in [5.41, 5.74) is 1.34. The summed E-state index contributed by atoms with van der Waals surface area (Å²) in [6.07, 6.45) is 0. The molecule has 0 spiro atoms. The first-order chi connectivity index (χ1) is 5.82. The molecule has 0 amide bonds. The number of halogens is 1. The minimum atomic E-state index is 0.0611. The van der Waals surface area contributed by atoms with E-state index in [-0.39, 0.29) is 5.54 Å². The second-order valence-corrected chi connectivity index (χ2v) is 5.44. The van der Waals surface area contributed by atoms with Crippen LogP contribution in [0.1, 0.15) is 46.2 Å². The van der Waals surface area contributed by atoms with Crippen LogP contribution in [0.5, 0.6) is 0 Å². The van der Waals surface area contributed by atoms with Crippen molar-refractivity contribution in [2.24, 2.45) is 0 Å². The van der Waals surface area contributed by atoms with E-state index in [2.05, 4.69) is 66.4 Å². The molecule has 1 rings (SSSR count). The van der Waals surface area contributed by atoms with Crippen molar-refractivity contribution in [2.75, 3.05) is 0 Å². The fraction of sp³-hybridized carbons (Fsp3) is 0.700. The highest BCUT2D eigenvalue weighted by atomic mass is 79.9. The second-order valence-electron chi connectivity index (χ2n) is 4.63. The van der Waals surface area contributed by atoms with Crippen LogP contribution in [0.2, 0.25) is 0 Å². The van der Waals surface area contributed by atoms with Gasteiger partial charge < -0.3 is 0 Å². The van der Waals surface area contributed by atoms with Crippen molar-refractivity contribution >= 4 is 15.9 Å². The van der Waals surface area contributed by atoms with E-state index in [1.807, 2.05) is 0 Å². The Hall–Kier alpha value is -0.310. The molecule has 0 radical (unpaired) electrons. The molecule has 0 fully saturated rings. The Morgan fingerprint density at radius 3 is 2.23 bits per heavy atom. The van der Waals surface area contributed by atoms with Gasteiger partial charge in [-0.2, -0.15) is 5.10 Å². The van der Waals surface area contributed by atoms with E-state index < -0.39 is 0 Å². The van der Waals surface area contributed by atoms with Crippen LogP contribution in [0.25, 0.3) is 0 Å². The first kappa shape index (κ1) is 10.8. The Kier molecular flexibility index (Phi) is 2.85. The largest absolute Gasteiger partial charge is 0.263 e. The normalized spacial score (nSPS) is 12.5. The Labute approximate surface area is 88.5 Å². The maximum Gasteiger partial charge on any atom is 0.128 e. The van der Waals surface area contributed by atoms with Gasteiger partial charge >= 0.3 is 0 Å². The Balaban J connectivity index is 3.20. The molecule has 1 aromatic heterocycles. The smallest absolute Gasteiger partial charge is 0.128 e. The molecule has 0 N–H and O–H groups in total. The molecule has 1 aromatic rings. The van der Waals surface area contributed by atoms with Gasteiger partial charge in [0.25, 0.3) is 0 Å². The van der Waals surface area contributed by atoms with Gasteiger partial charge in [0.15, 0.2) is 0 Å². The summed E-state index contributed by atoms with van der Waals surface area (Å²) in [7, 11) is 0. The summed E-state index contributed by atoms with van der Waals surface area (Å²) in [6, 6.07) is 2.09. The molecular formula is C10H17BrN2. The van der Waals surface area contributed by atoms with Gasteiger partial charge in [0.2, 0.25) is 0 Å². The zero-order valence-corrected chi connectivity index (χ0v) is 10.5. The third-order valence-corrected chi connectivity index (χ3v) is 2.32. The lowest BCUT2D eigenvalue weighted by atomic mass is 10.1. The molecular weight excluding hydrogens is 228 g/mol. The number of aromatic nitrogens is 2. The van der Waals surface area contributed by atoms with Crippen LogP contribution >= 0.6 is 15.9 Å². The van der Waals surface area contributed by atoms with Gasteiger partial charge in [0.1, 0.15) is 4.60 Å². The third kappa shape index (κ3) is 2.33. The molecule has 0 saturated heterocycles. The number of hydrogen-bond donors (Lipinski definition) is 0. The van der Waals surface area contributed by atoms with Gasteiger partial charge in [0.05, 0.1) is 5.54 Å². The average molecular weight is 245 g/mol. The predicted octanol–water partition coefficient (Wildman–Crippen LogP) is 3.52. The van der Waals surface area contributed by atoms with Crippen LogP contribution in [0.3, 0.4) is 0 Å². The van der Waals surface area contributed by atoms with Crippen molar-refractivity contribution in [1.82, 2.24) is 9.78 Å². The van der Waals surface area contributed by atoms with Crippen LogP contribution in [-0.2, 0) is 5.54 Å². The van der Waals surface area contributed by atoms with Crippen molar-refractivity contribution in [1.29, 1.82) is 0 Å². The predicted molar refractivity (Wildman–Crippen MR) is 59.0 cm³/mol. The molecule has 0 unspecified atom stereocenters. The van der Waals surface area contributed by atoms with Crippen LogP contribution < -0.4 is 0 Å². The minimum Gasteiger partial charge on any atom is -0.263 e. The lowest BCUT2D eigenvalue weighted by molar-refractivity contribution is 0.338. The zero-order valence-electron chi connectivity index (χ0n) is 8.93. The van der Waals surface area contributed by atoms with Crippen molar-refractivity contribution in [3.05, 3.63) is 16.4 Å². The molecule has 0 aliphatic carbocycles. The average Bonchev–Trinajstić information content (AvgIpc) is 2.29. The van der Waals surface area contributed by atoms with E-state index in [4.69, 9.17) is 0 Å². The minimum absolute atomic E-state index is 0.0611. The Bertz CT molecular complexity index is 294. The summed E-state index contributed by atoms with van der Waals surface area (Å²) < 4.78 is 3.01. The molecule has 1 heterocycles. The summed E-state index contributed by atoms with van der Waals surface area (Å²) in [5.74, 6) is 0.512. The monoisotopic (exact) mass is 244 g/mol. The maximum atomic E-state index is 4.44. The highest BCUT2D eigenvalue weighted by molar-refractivity contribution is 9.10. The SMILES string of the molecule is CC(C)c1cc(Br)nn1C(C)(C)C. The van der Waals surface area contributed by atoms with Crippen molar-refractivity contribution in [3.8, 4) is 0 Å². The van der Waals surface area contributed by atoms with Crippen LogP contribution in [0.15, 0.2) is 10.7 Å². The van der Waals surface area contributed by atoms with E-state index in [0.29, 0.717) is 5.92 Å². The molecule has 2 nitrogen and oxygen atoms in total. The topological polar surface area (TPSA) is 17.8 Å². The molecule has 74 valence electrons. The van der Waals surface area contributed by atoms with Crippen LogP contribution in [0, 0.1) is 0 Å². The van der Waals surface area contributed by atoms with E-state index in [1.165, 1.54) is 5.69 Å². The summed E-state index contributed by atoms with van der Waals surface area (Å²) in [5, 5.41) is 4.44. The van der Waals surface area contributed by atoms with Gasteiger partial charge in [0, 0.05) is 5.69 Å². The van der Waals surface area contributed by atoms with E-state index >= 15 is 0 Å². The standard InChI is InChI=1S/C10H17BrN2/c1-7(2)8-6-9(11)12-13(8)10(3,4)5/h6-7H,1-5H3. The second kappa shape index (κ2) is 3.45. The van der Waals surface area contributed by atoms with Gasteiger partial charge in [-0.25, -0.2) is 0 Å². The highest BCUT2D eigenvalue weighted by Crippen LogP contribution is 2.25. The summed E-state index contributed by atoms with van der Waals surface area (Å²) in [6.45, 7) is 10.9. The van der Waals surface area contributed by atoms with Crippen LogP contribution in [-0.4, -0.2) is 9.78 Å². The van der Waals surface area contributed by atoms with E-state index in [1.54, 1.807) is 0 Å². The fourth-order valence-corrected chi connectivity index (χ4v) is 1.71. The zero-order chi connectivity index (χ0) is 10.2. The number of nitrogens with zero attached hydrogens (tertiary/aromatic N) is 2. The van der Waals surface area contributed by atoms with Crippen molar-refractivity contribution in [3.63, 3.8) is 0 Å². The molecule has 0 aliphatic rings. The highest BCUT2D eigenvalue weighted by Gasteiger charge is 2.20. The summed E-state index contributed by atoms with van der Waals surface area (Å²) in [4.78, 5) is 0. The third-order valence-electron chi connectivity index (χ3n) is 1.93. The van der Waals surface area contributed by atoms with E-state index in [9.17, 15) is 0 Å². The number of rotatable bonds is 1. The fourth-order valence-electron chi connectivity index (χ4n) is 1.31. The van der Waals surface area contributed by atoms with Gasteiger partial charge in [-0.1, -0.05) is 13.8 Å². The lowest BCUT2D eigenvalue weighted by Gasteiger charge is -2.23. The maximum absolute atomic E-state index is 4.44. The summed E-state index contributed by atoms with van der Waals surface area (Å²) >= 11 is 3.41. The Morgan fingerprint density at radius 1 is 1.38 bits per heavy atom. The molecule has 0 saturated carbocycles. The van der Waals surface area contributed by atoms with Gasteiger partial charge in [-0.15, -0.1) is 0 Å². The molecule has 13 heavy (non-hydrogen) atoms. The molecule has 0 atom stereocenters. The first-order valence-electron chi connectivity index (χ1n) is 4.58. The molecule has 0 aliphatic heterocycles. The van der Waals surface area contributed by atoms with Crippen molar-refractivity contribution < 1.29 is 0 Å². The van der Waals surface area contributed by atoms with Gasteiger partial charge in [-0.3, -0.25) is 4.68 Å². The molecule has 3 heteroatoms. The lowest BCUT2D eigenvalue weighted by Crippen LogP contribution is -2.25. The molecule has 0 aromatic carbocycles. The number of hydrogen-bond acceptors (Lipinski definition) is 1. The quantitative estimate of drug-likeness (QED) is 0.740. The molecule has 0 bridgehead atoms. The first-order valence-corrected chi connectivity index (χ1v) is 5.37. The Morgan fingerprint density at radius 2 is 1.92 bits per heavy atom. The van der Waals surface area contributed by atoms with Gasteiger partial charge in [-0.05, 0) is 48.7 Å².